The lowest BCUT2D eigenvalue weighted by Crippen LogP contribution is -2.41. The summed E-state index contributed by atoms with van der Waals surface area (Å²) in [6.07, 6.45) is 0.963. The zero-order valence-electron chi connectivity index (χ0n) is 19.2. The molecule has 0 saturated carbocycles. The lowest BCUT2D eigenvalue weighted by atomic mass is 10.1. The summed E-state index contributed by atoms with van der Waals surface area (Å²) in [6, 6.07) is 9.79. The molecule has 176 valence electrons. The molecule has 0 atom stereocenters. The van der Waals surface area contributed by atoms with Gasteiger partial charge in [0.25, 0.3) is 0 Å². The van der Waals surface area contributed by atoms with Gasteiger partial charge >= 0.3 is 0 Å². The normalized spacial score (nSPS) is 14.7. The molecular formula is C25H30Cl2N4O2. The Morgan fingerprint density at radius 2 is 1.85 bits per heavy atom. The number of nitrogens with zero attached hydrogens (tertiary/aromatic N) is 3. The molecule has 3 aromatic rings. The van der Waals surface area contributed by atoms with Crippen LogP contribution in [0, 0.1) is 13.8 Å². The van der Waals surface area contributed by atoms with Gasteiger partial charge in [0.2, 0.25) is 5.91 Å². The van der Waals surface area contributed by atoms with E-state index in [0.29, 0.717) is 36.0 Å². The number of hydrogen-bond donors (Lipinski definition) is 1. The Morgan fingerprint density at radius 1 is 1.09 bits per heavy atom. The molecule has 6 nitrogen and oxygen atoms in total. The number of amides is 1. The number of ether oxygens (including phenoxy) is 1. The van der Waals surface area contributed by atoms with Crippen LogP contribution in [0.1, 0.15) is 28.9 Å². The quantitative estimate of drug-likeness (QED) is 0.510. The summed E-state index contributed by atoms with van der Waals surface area (Å²) in [6.45, 7) is 9.62. The van der Waals surface area contributed by atoms with Crippen LogP contribution in [0.2, 0.25) is 10.0 Å². The molecule has 1 aliphatic rings. The van der Waals surface area contributed by atoms with E-state index in [-0.39, 0.29) is 5.91 Å². The van der Waals surface area contributed by atoms with Crippen molar-refractivity contribution in [3.05, 3.63) is 62.9 Å². The van der Waals surface area contributed by atoms with Crippen molar-refractivity contribution in [1.82, 2.24) is 19.8 Å². The summed E-state index contributed by atoms with van der Waals surface area (Å²) >= 11 is 12.5. The van der Waals surface area contributed by atoms with E-state index in [0.717, 1.165) is 55.3 Å². The number of halogens is 2. The molecule has 0 bridgehead atoms. The Balaban J connectivity index is 1.48. The number of aromatic nitrogens is 2. The van der Waals surface area contributed by atoms with E-state index in [9.17, 15) is 4.79 Å². The second-order valence-electron chi connectivity index (χ2n) is 8.57. The SMILES string of the molecule is Cc1cc2nc(Cc3ccc(Cl)cc3Cl)n(CCC(=O)NCCN3CCOCC3)c2cc1C. The number of carbonyl (C=O) groups is 1. The average molecular weight is 489 g/mol. The molecule has 2 heterocycles. The second-order valence-corrected chi connectivity index (χ2v) is 9.41. The third-order valence-electron chi connectivity index (χ3n) is 6.22. The monoisotopic (exact) mass is 488 g/mol. The zero-order valence-corrected chi connectivity index (χ0v) is 20.7. The number of rotatable bonds is 8. The molecule has 1 saturated heterocycles. The van der Waals surface area contributed by atoms with Gasteiger partial charge in [-0.3, -0.25) is 9.69 Å². The van der Waals surface area contributed by atoms with Gasteiger partial charge < -0.3 is 14.6 Å². The van der Waals surface area contributed by atoms with Crippen molar-refractivity contribution in [3.63, 3.8) is 0 Å². The molecule has 4 rings (SSSR count). The third-order valence-corrected chi connectivity index (χ3v) is 6.81. The molecule has 1 aliphatic heterocycles. The molecule has 1 fully saturated rings. The van der Waals surface area contributed by atoms with E-state index >= 15 is 0 Å². The summed E-state index contributed by atoms with van der Waals surface area (Å²) in [5, 5.41) is 4.28. The van der Waals surface area contributed by atoms with Gasteiger partial charge in [-0.25, -0.2) is 4.98 Å². The Labute approximate surface area is 204 Å². The van der Waals surface area contributed by atoms with Gasteiger partial charge in [0, 0.05) is 55.6 Å². The Kier molecular flexibility index (Phi) is 7.91. The highest BCUT2D eigenvalue weighted by molar-refractivity contribution is 6.35. The fraction of sp³-hybridized carbons (Fsp3) is 0.440. The van der Waals surface area contributed by atoms with Gasteiger partial charge in [-0.15, -0.1) is 0 Å². The maximum absolute atomic E-state index is 12.6. The number of aryl methyl sites for hydroxylation is 3. The number of morpholine rings is 1. The lowest BCUT2D eigenvalue weighted by Gasteiger charge is -2.26. The summed E-state index contributed by atoms with van der Waals surface area (Å²) < 4.78 is 7.52. The molecule has 1 amide bonds. The van der Waals surface area contributed by atoms with Crippen molar-refractivity contribution in [2.75, 3.05) is 39.4 Å². The summed E-state index contributed by atoms with van der Waals surface area (Å²) in [5.74, 6) is 0.935. The summed E-state index contributed by atoms with van der Waals surface area (Å²) in [7, 11) is 0. The topological polar surface area (TPSA) is 59.4 Å². The van der Waals surface area contributed by atoms with Crippen LogP contribution in [0.15, 0.2) is 30.3 Å². The molecule has 0 unspecified atom stereocenters. The van der Waals surface area contributed by atoms with Crippen LogP contribution in [-0.4, -0.2) is 59.8 Å². The number of fused-ring (bicyclic) bond motifs is 1. The minimum Gasteiger partial charge on any atom is -0.379 e. The summed E-state index contributed by atoms with van der Waals surface area (Å²) in [4.78, 5) is 19.8. The van der Waals surface area contributed by atoms with Crippen molar-refractivity contribution in [3.8, 4) is 0 Å². The first-order chi connectivity index (χ1) is 15.9. The van der Waals surface area contributed by atoms with Crippen LogP contribution in [0.5, 0.6) is 0 Å². The highest BCUT2D eigenvalue weighted by Gasteiger charge is 2.16. The maximum atomic E-state index is 12.6. The van der Waals surface area contributed by atoms with Crippen molar-refractivity contribution < 1.29 is 9.53 Å². The van der Waals surface area contributed by atoms with E-state index in [2.05, 4.69) is 40.8 Å². The Hall–Kier alpha value is -2.12. The van der Waals surface area contributed by atoms with E-state index in [1.807, 2.05) is 12.1 Å². The largest absolute Gasteiger partial charge is 0.379 e. The zero-order chi connectivity index (χ0) is 23.4. The molecule has 1 N–H and O–H groups in total. The van der Waals surface area contributed by atoms with Crippen LogP contribution in [-0.2, 0) is 22.5 Å². The van der Waals surface area contributed by atoms with E-state index in [4.69, 9.17) is 32.9 Å². The lowest BCUT2D eigenvalue weighted by molar-refractivity contribution is -0.121. The van der Waals surface area contributed by atoms with Crippen LogP contribution in [0.4, 0.5) is 0 Å². The molecule has 0 radical (unpaired) electrons. The minimum atomic E-state index is 0.0458. The highest BCUT2D eigenvalue weighted by Crippen LogP contribution is 2.26. The Morgan fingerprint density at radius 3 is 2.61 bits per heavy atom. The number of hydrogen-bond acceptors (Lipinski definition) is 4. The van der Waals surface area contributed by atoms with E-state index in [1.54, 1.807) is 6.07 Å². The molecule has 0 aliphatic carbocycles. The van der Waals surface area contributed by atoms with E-state index in [1.165, 1.54) is 11.1 Å². The smallest absolute Gasteiger partial charge is 0.221 e. The van der Waals surface area contributed by atoms with Gasteiger partial charge in [0.1, 0.15) is 5.82 Å². The van der Waals surface area contributed by atoms with Crippen molar-refractivity contribution in [2.45, 2.75) is 33.2 Å². The molecule has 33 heavy (non-hydrogen) atoms. The van der Waals surface area contributed by atoms with Gasteiger partial charge in [-0.05, 0) is 54.8 Å². The molecule has 1 aromatic heterocycles. The van der Waals surface area contributed by atoms with Crippen LogP contribution >= 0.6 is 23.2 Å². The van der Waals surface area contributed by atoms with Gasteiger partial charge in [-0.2, -0.15) is 0 Å². The number of imidazole rings is 1. The first kappa shape index (κ1) is 24.0. The van der Waals surface area contributed by atoms with E-state index < -0.39 is 0 Å². The number of nitrogens with one attached hydrogen (secondary N) is 1. The van der Waals surface area contributed by atoms with Crippen molar-refractivity contribution in [1.29, 1.82) is 0 Å². The predicted octanol–water partition coefficient (Wildman–Crippen LogP) is 4.39. The fourth-order valence-corrected chi connectivity index (χ4v) is 4.60. The predicted molar refractivity (Wildman–Crippen MR) is 133 cm³/mol. The molecule has 8 heteroatoms. The van der Waals surface area contributed by atoms with Gasteiger partial charge in [0.15, 0.2) is 0 Å². The van der Waals surface area contributed by atoms with Crippen molar-refractivity contribution in [2.24, 2.45) is 0 Å². The van der Waals surface area contributed by atoms with Gasteiger partial charge in [-0.1, -0.05) is 29.3 Å². The molecule has 2 aromatic carbocycles. The third kappa shape index (κ3) is 6.07. The molecule has 0 spiro atoms. The minimum absolute atomic E-state index is 0.0458. The van der Waals surface area contributed by atoms with Gasteiger partial charge in [0.05, 0.1) is 24.2 Å². The van der Waals surface area contributed by atoms with Crippen LogP contribution < -0.4 is 5.32 Å². The first-order valence-electron chi connectivity index (χ1n) is 11.4. The first-order valence-corrected chi connectivity index (χ1v) is 12.1. The highest BCUT2D eigenvalue weighted by atomic mass is 35.5. The fourth-order valence-electron chi connectivity index (χ4n) is 4.13. The number of benzene rings is 2. The summed E-state index contributed by atoms with van der Waals surface area (Å²) in [5.41, 5.74) is 5.34. The average Bonchev–Trinajstić information content (AvgIpc) is 3.11. The maximum Gasteiger partial charge on any atom is 0.221 e. The second kappa shape index (κ2) is 10.9. The Bertz CT molecular complexity index is 1140. The van der Waals surface area contributed by atoms with Crippen molar-refractivity contribution >= 4 is 40.1 Å². The molecular weight excluding hydrogens is 459 g/mol. The van der Waals surface area contributed by atoms with Crippen LogP contribution in [0.25, 0.3) is 11.0 Å². The standard InChI is InChI=1S/C25H30Cl2N4O2/c1-17-13-22-23(14-18(17)2)31(24(29-22)15-19-3-4-20(26)16-21(19)27)7-5-25(32)28-6-8-30-9-11-33-12-10-30/h3-4,13-14,16H,5-12,15H2,1-2H3,(H,28,32). The number of carbonyl (C=O) groups excluding carboxylic acids is 1. The van der Waals surface area contributed by atoms with Crippen LogP contribution in [0.3, 0.4) is 0 Å².